The van der Waals surface area contributed by atoms with E-state index in [9.17, 15) is 14.4 Å². The summed E-state index contributed by atoms with van der Waals surface area (Å²) < 4.78 is 0. The highest BCUT2D eigenvalue weighted by Gasteiger charge is 2.28. The lowest BCUT2D eigenvalue weighted by molar-refractivity contribution is -0.137. The minimum Gasteiger partial charge on any atom is -0.481 e. The summed E-state index contributed by atoms with van der Waals surface area (Å²) in [4.78, 5) is 39.2. The molecule has 0 aromatic heterocycles. The average Bonchev–Trinajstić information content (AvgIpc) is 3.05. The lowest BCUT2D eigenvalue weighted by atomic mass is 9.96. The molecular weight excluding hydrogens is 332 g/mol. The van der Waals surface area contributed by atoms with E-state index in [0.717, 1.165) is 37.8 Å². The van der Waals surface area contributed by atoms with Crippen LogP contribution in [0.5, 0.6) is 0 Å². The topological polar surface area (TPSA) is 77.9 Å². The highest BCUT2D eigenvalue weighted by Crippen LogP contribution is 2.23. The molecular formula is C20H26N2O4. The zero-order chi connectivity index (χ0) is 18.5. The first kappa shape index (κ1) is 18.4. The molecule has 2 amide bonds. The Morgan fingerprint density at radius 3 is 2.50 bits per heavy atom. The van der Waals surface area contributed by atoms with Crippen LogP contribution in [0, 0.1) is 0 Å². The summed E-state index contributed by atoms with van der Waals surface area (Å²) in [5, 5.41) is 8.92. The van der Waals surface area contributed by atoms with Crippen molar-refractivity contribution >= 4 is 17.8 Å². The van der Waals surface area contributed by atoms with Crippen molar-refractivity contribution in [1.82, 2.24) is 9.80 Å². The third-order valence-electron chi connectivity index (χ3n) is 5.33. The molecule has 2 saturated heterocycles. The van der Waals surface area contributed by atoms with Gasteiger partial charge in [-0.2, -0.15) is 0 Å². The van der Waals surface area contributed by atoms with Gasteiger partial charge in [0.15, 0.2) is 0 Å². The number of amides is 2. The third-order valence-corrected chi connectivity index (χ3v) is 5.33. The largest absolute Gasteiger partial charge is 0.481 e. The number of piperidine rings is 1. The van der Waals surface area contributed by atoms with Crippen molar-refractivity contribution in [2.45, 2.75) is 57.5 Å². The van der Waals surface area contributed by atoms with Crippen LogP contribution in [0.2, 0.25) is 0 Å². The summed E-state index contributed by atoms with van der Waals surface area (Å²) in [7, 11) is 0. The first-order valence-electron chi connectivity index (χ1n) is 9.44. The second kappa shape index (κ2) is 8.34. The Hall–Kier alpha value is -2.37. The number of nitrogens with zero attached hydrogens (tertiary/aromatic N) is 2. The van der Waals surface area contributed by atoms with Crippen molar-refractivity contribution in [2.75, 3.05) is 13.1 Å². The number of carbonyl (C=O) groups excluding carboxylic acids is 2. The van der Waals surface area contributed by atoms with Crippen LogP contribution in [0.3, 0.4) is 0 Å². The van der Waals surface area contributed by atoms with E-state index in [0.29, 0.717) is 31.5 Å². The zero-order valence-corrected chi connectivity index (χ0v) is 15.0. The summed E-state index contributed by atoms with van der Waals surface area (Å²) >= 11 is 0. The maximum Gasteiger partial charge on any atom is 0.303 e. The molecule has 0 bridgehead atoms. The van der Waals surface area contributed by atoms with Crippen LogP contribution in [-0.2, 0) is 16.1 Å². The summed E-state index contributed by atoms with van der Waals surface area (Å²) in [5.41, 5.74) is 1.65. The van der Waals surface area contributed by atoms with Crippen molar-refractivity contribution in [1.29, 1.82) is 0 Å². The van der Waals surface area contributed by atoms with Crippen LogP contribution < -0.4 is 0 Å². The molecule has 0 radical (unpaired) electrons. The van der Waals surface area contributed by atoms with Gasteiger partial charge in [-0.15, -0.1) is 0 Å². The number of carboxylic acid groups (broad SMARTS) is 1. The molecule has 0 spiro atoms. The molecule has 0 unspecified atom stereocenters. The van der Waals surface area contributed by atoms with E-state index in [-0.39, 0.29) is 24.3 Å². The Bertz CT molecular complexity index is 671. The van der Waals surface area contributed by atoms with E-state index >= 15 is 0 Å². The third kappa shape index (κ3) is 4.42. The number of benzene rings is 1. The van der Waals surface area contributed by atoms with Crippen LogP contribution in [-0.4, -0.2) is 51.8 Å². The second-order valence-corrected chi connectivity index (χ2v) is 7.20. The van der Waals surface area contributed by atoms with Crippen molar-refractivity contribution < 1.29 is 19.5 Å². The van der Waals surface area contributed by atoms with Crippen molar-refractivity contribution in [3.05, 3.63) is 35.4 Å². The van der Waals surface area contributed by atoms with Crippen molar-refractivity contribution in [3.63, 3.8) is 0 Å². The molecule has 0 saturated carbocycles. The van der Waals surface area contributed by atoms with Gasteiger partial charge in [-0.3, -0.25) is 14.4 Å². The molecule has 6 heteroatoms. The molecule has 0 aliphatic carbocycles. The number of hydrogen-bond acceptors (Lipinski definition) is 3. The maximum atomic E-state index is 12.9. The monoisotopic (exact) mass is 358 g/mol. The number of aliphatic carboxylic acids is 1. The molecule has 2 aliphatic rings. The molecule has 140 valence electrons. The van der Waals surface area contributed by atoms with Gasteiger partial charge in [-0.1, -0.05) is 12.1 Å². The lowest BCUT2D eigenvalue weighted by Crippen LogP contribution is -2.44. The number of rotatable bonds is 6. The van der Waals surface area contributed by atoms with Crippen LogP contribution >= 0.6 is 0 Å². The second-order valence-electron chi connectivity index (χ2n) is 7.20. The molecule has 2 fully saturated rings. The van der Waals surface area contributed by atoms with Crippen LogP contribution in [0.4, 0.5) is 0 Å². The summed E-state index contributed by atoms with van der Waals surface area (Å²) in [6.07, 6.45) is 5.02. The predicted molar refractivity (Wildman–Crippen MR) is 96.6 cm³/mol. The van der Waals surface area contributed by atoms with Crippen LogP contribution in [0.25, 0.3) is 0 Å². The normalized spacial score (nSPS) is 20.5. The van der Waals surface area contributed by atoms with Gasteiger partial charge < -0.3 is 14.9 Å². The molecule has 26 heavy (non-hydrogen) atoms. The Morgan fingerprint density at radius 1 is 1.08 bits per heavy atom. The summed E-state index contributed by atoms with van der Waals surface area (Å²) in [5.74, 6) is -0.646. The van der Waals surface area contributed by atoms with Crippen molar-refractivity contribution in [2.24, 2.45) is 0 Å². The van der Waals surface area contributed by atoms with Gasteiger partial charge in [0.2, 0.25) is 5.91 Å². The molecule has 2 heterocycles. The fraction of sp³-hybridized carbons (Fsp3) is 0.550. The number of carboxylic acids is 1. The van der Waals surface area contributed by atoms with E-state index in [1.807, 2.05) is 34.1 Å². The summed E-state index contributed by atoms with van der Waals surface area (Å²) in [6, 6.07) is 7.47. The summed E-state index contributed by atoms with van der Waals surface area (Å²) in [6.45, 7) is 2.09. The first-order valence-corrected chi connectivity index (χ1v) is 9.44. The van der Waals surface area contributed by atoms with E-state index < -0.39 is 5.97 Å². The number of likely N-dealkylation sites (tertiary alicyclic amines) is 2. The SMILES string of the molecule is O=C(O)CC[C@H]1CCCCN1C(=O)c1ccc(CN2CCCC2=O)cc1. The predicted octanol–water partition coefficient (Wildman–Crippen LogP) is 2.67. The van der Waals surface area contributed by atoms with Crippen molar-refractivity contribution in [3.8, 4) is 0 Å². The quantitative estimate of drug-likeness (QED) is 0.848. The smallest absolute Gasteiger partial charge is 0.303 e. The highest BCUT2D eigenvalue weighted by atomic mass is 16.4. The standard InChI is InChI=1S/C20H26N2O4/c23-18-5-3-12-21(18)14-15-6-8-16(9-7-15)20(26)22-13-2-1-4-17(22)10-11-19(24)25/h6-9,17H,1-5,10-14H2,(H,24,25)/t17-/m1/s1. The van der Waals surface area contributed by atoms with Crippen LogP contribution in [0.15, 0.2) is 24.3 Å². The molecule has 1 aromatic rings. The van der Waals surface area contributed by atoms with E-state index in [1.54, 1.807) is 0 Å². The highest BCUT2D eigenvalue weighted by molar-refractivity contribution is 5.94. The Kier molecular flexibility index (Phi) is 5.91. The lowest BCUT2D eigenvalue weighted by Gasteiger charge is -2.35. The fourth-order valence-electron chi connectivity index (χ4n) is 3.87. The Labute approximate surface area is 153 Å². The molecule has 6 nitrogen and oxygen atoms in total. The van der Waals surface area contributed by atoms with E-state index in [1.165, 1.54) is 0 Å². The van der Waals surface area contributed by atoms with Gasteiger partial charge in [0, 0.05) is 44.1 Å². The zero-order valence-electron chi connectivity index (χ0n) is 15.0. The minimum atomic E-state index is -0.816. The molecule has 3 rings (SSSR count). The van der Waals surface area contributed by atoms with Gasteiger partial charge in [0.05, 0.1) is 0 Å². The van der Waals surface area contributed by atoms with Gasteiger partial charge in [0.25, 0.3) is 5.91 Å². The van der Waals surface area contributed by atoms with Gasteiger partial charge in [0.1, 0.15) is 0 Å². The van der Waals surface area contributed by atoms with Gasteiger partial charge in [-0.05, 0) is 49.8 Å². The molecule has 1 atom stereocenters. The minimum absolute atomic E-state index is 0.00856. The Morgan fingerprint density at radius 2 is 1.85 bits per heavy atom. The first-order chi connectivity index (χ1) is 12.5. The van der Waals surface area contributed by atoms with E-state index in [2.05, 4.69) is 0 Å². The van der Waals surface area contributed by atoms with Gasteiger partial charge >= 0.3 is 5.97 Å². The van der Waals surface area contributed by atoms with E-state index in [4.69, 9.17) is 5.11 Å². The Balaban J connectivity index is 1.64. The maximum absolute atomic E-state index is 12.9. The fourth-order valence-corrected chi connectivity index (χ4v) is 3.87. The molecule has 2 aliphatic heterocycles. The van der Waals surface area contributed by atoms with Gasteiger partial charge in [-0.25, -0.2) is 0 Å². The number of carbonyl (C=O) groups is 3. The average molecular weight is 358 g/mol. The molecule has 1 aromatic carbocycles. The van der Waals surface area contributed by atoms with Crippen LogP contribution in [0.1, 0.15) is 60.9 Å². The molecule has 1 N–H and O–H groups in total. The number of hydrogen-bond donors (Lipinski definition) is 1.